The Labute approximate surface area is 123 Å². The average molecular weight is 289 g/mol. The van der Waals surface area contributed by atoms with E-state index in [1.165, 1.54) is 16.9 Å². The largest absolute Gasteiger partial charge is 0.340 e. The predicted octanol–water partition coefficient (Wildman–Crippen LogP) is 2.31. The number of nitrogens with two attached hydrogens (primary N) is 1. The van der Waals surface area contributed by atoms with E-state index in [9.17, 15) is 4.79 Å². The van der Waals surface area contributed by atoms with Gasteiger partial charge in [0.25, 0.3) is 5.91 Å². The van der Waals surface area contributed by atoms with Gasteiger partial charge in [-0.3, -0.25) is 4.79 Å². The molecule has 1 heterocycles. The maximum absolute atomic E-state index is 12.1. The molecule has 0 aliphatic carbocycles. The van der Waals surface area contributed by atoms with Gasteiger partial charge in [0.2, 0.25) is 0 Å². The van der Waals surface area contributed by atoms with Gasteiger partial charge >= 0.3 is 0 Å². The summed E-state index contributed by atoms with van der Waals surface area (Å²) in [5.74, 6) is -0.0333. The number of carbonyl (C=O) groups is 1. The molecule has 0 bridgehead atoms. The van der Waals surface area contributed by atoms with Gasteiger partial charge < -0.3 is 10.6 Å². The van der Waals surface area contributed by atoms with E-state index in [1.54, 1.807) is 10.3 Å². The quantitative estimate of drug-likeness (QED) is 0.887. The van der Waals surface area contributed by atoms with Crippen LogP contribution in [0.1, 0.15) is 27.5 Å². The number of aryl methyl sites for hydroxylation is 1. The van der Waals surface area contributed by atoms with Crippen LogP contribution in [0.3, 0.4) is 0 Å². The van der Waals surface area contributed by atoms with Gasteiger partial charge in [0.15, 0.2) is 0 Å². The zero-order chi connectivity index (χ0) is 14.4. The second-order valence-electron chi connectivity index (χ2n) is 4.65. The second kappa shape index (κ2) is 7.17. The summed E-state index contributed by atoms with van der Waals surface area (Å²) in [6.07, 6.45) is 1.92. The van der Waals surface area contributed by atoms with Crippen LogP contribution in [0.4, 0.5) is 0 Å². The van der Waals surface area contributed by atoms with Gasteiger partial charge in [-0.2, -0.15) is 0 Å². The SMILES string of the molecule is CN(CCCc1ccccc1)C(=O)c1csc(CN)n1. The third-order valence-electron chi connectivity index (χ3n) is 3.09. The van der Waals surface area contributed by atoms with Crippen LogP contribution in [-0.4, -0.2) is 29.4 Å². The number of thiazole rings is 1. The molecule has 4 nitrogen and oxygen atoms in total. The zero-order valence-electron chi connectivity index (χ0n) is 11.6. The number of hydrogen-bond acceptors (Lipinski definition) is 4. The molecule has 1 amide bonds. The molecular formula is C15H19N3OS. The summed E-state index contributed by atoms with van der Waals surface area (Å²) in [6, 6.07) is 10.3. The summed E-state index contributed by atoms with van der Waals surface area (Å²) in [7, 11) is 1.81. The summed E-state index contributed by atoms with van der Waals surface area (Å²) in [5.41, 5.74) is 7.30. The van der Waals surface area contributed by atoms with E-state index in [1.807, 2.05) is 25.2 Å². The molecule has 0 atom stereocenters. The second-order valence-corrected chi connectivity index (χ2v) is 5.59. The number of rotatable bonds is 6. The highest BCUT2D eigenvalue weighted by Gasteiger charge is 2.14. The van der Waals surface area contributed by atoms with Gasteiger partial charge in [-0.1, -0.05) is 30.3 Å². The molecule has 2 N–H and O–H groups in total. The molecular weight excluding hydrogens is 270 g/mol. The fraction of sp³-hybridized carbons (Fsp3) is 0.333. The molecule has 0 unspecified atom stereocenters. The standard InChI is InChI=1S/C15H19N3OS/c1-18(9-5-8-12-6-3-2-4-7-12)15(19)13-11-20-14(10-16)17-13/h2-4,6-7,11H,5,8-10,16H2,1H3. The first-order chi connectivity index (χ1) is 9.70. The van der Waals surface area contributed by atoms with E-state index in [2.05, 4.69) is 17.1 Å². The van der Waals surface area contributed by atoms with Crippen molar-refractivity contribution in [1.29, 1.82) is 0 Å². The lowest BCUT2D eigenvalue weighted by molar-refractivity contribution is 0.0788. The van der Waals surface area contributed by atoms with Gasteiger partial charge in [-0.25, -0.2) is 4.98 Å². The van der Waals surface area contributed by atoms with Gasteiger partial charge in [0.05, 0.1) is 0 Å². The van der Waals surface area contributed by atoms with E-state index >= 15 is 0 Å². The zero-order valence-corrected chi connectivity index (χ0v) is 12.4. The molecule has 2 rings (SSSR count). The van der Waals surface area contributed by atoms with E-state index < -0.39 is 0 Å². The number of hydrogen-bond donors (Lipinski definition) is 1. The minimum Gasteiger partial charge on any atom is -0.340 e. The smallest absolute Gasteiger partial charge is 0.273 e. The van der Waals surface area contributed by atoms with E-state index in [4.69, 9.17) is 5.73 Å². The molecule has 0 aliphatic rings. The Balaban J connectivity index is 1.82. The monoisotopic (exact) mass is 289 g/mol. The lowest BCUT2D eigenvalue weighted by Crippen LogP contribution is -2.28. The van der Waals surface area contributed by atoms with Gasteiger partial charge in [-0.05, 0) is 18.4 Å². The predicted molar refractivity (Wildman–Crippen MR) is 81.7 cm³/mol. The average Bonchev–Trinajstić information content (AvgIpc) is 2.96. The van der Waals surface area contributed by atoms with Gasteiger partial charge in [0, 0.05) is 25.5 Å². The number of carbonyl (C=O) groups excluding carboxylic acids is 1. The number of benzene rings is 1. The molecule has 5 heteroatoms. The molecule has 106 valence electrons. The molecule has 2 aromatic rings. The van der Waals surface area contributed by atoms with Crippen LogP contribution < -0.4 is 5.73 Å². The third-order valence-corrected chi connectivity index (χ3v) is 3.97. The van der Waals surface area contributed by atoms with Crippen LogP contribution in [0.15, 0.2) is 35.7 Å². The fourth-order valence-electron chi connectivity index (χ4n) is 1.96. The Hall–Kier alpha value is -1.72. The number of aromatic nitrogens is 1. The maximum Gasteiger partial charge on any atom is 0.273 e. The minimum absolute atomic E-state index is 0.0333. The molecule has 0 fully saturated rings. The summed E-state index contributed by atoms with van der Waals surface area (Å²) in [6.45, 7) is 1.11. The molecule has 0 saturated carbocycles. The van der Waals surface area contributed by atoms with Crippen LogP contribution in [0, 0.1) is 0 Å². The van der Waals surface area contributed by atoms with Crippen molar-refractivity contribution in [2.45, 2.75) is 19.4 Å². The van der Waals surface area contributed by atoms with Gasteiger partial charge in [-0.15, -0.1) is 11.3 Å². The molecule has 0 radical (unpaired) electrons. The van der Waals surface area contributed by atoms with E-state index in [0.29, 0.717) is 12.2 Å². The van der Waals surface area contributed by atoms with Crippen LogP contribution in [0.2, 0.25) is 0 Å². The molecule has 20 heavy (non-hydrogen) atoms. The Morgan fingerprint density at radius 3 is 2.75 bits per heavy atom. The lowest BCUT2D eigenvalue weighted by Gasteiger charge is -2.15. The van der Waals surface area contributed by atoms with Crippen molar-refractivity contribution in [3.63, 3.8) is 0 Å². The molecule has 1 aromatic heterocycles. The molecule has 0 saturated heterocycles. The third kappa shape index (κ3) is 3.88. The summed E-state index contributed by atoms with van der Waals surface area (Å²) in [5, 5.41) is 2.57. The highest BCUT2D eigenvalue weighted by atomic mass is 32.1. The van der Waals surface area contributed by atoms with Crippen LogP contribution in [0.5, 0.6) is 0 Å². The van der Waals surface area contributed by atoms with Crippen molar-refractivity contribution in [2.75, 3.05) is 13.6 Å². The van der Waals surface area contributed by atoms with Crippen molar-refractivity contribution in [3.05, 3.63) is 52.0 Å². The minimum atomic E-state index is -0.0333. The van der Waals surface area contributed by atoms with Crippen molar-refractivity contribution < 1.29 is 4.79 Å². The maximum atomic E-state index is 12.1. The summed E-state index contributed by atoms with van der Waals surface area (Å²) in [4.78, 5) is 18.1. The van der Waals surface area contributed by atoms with E-state index in [-0.39, 0.29) is 5.91 Å². The molecule has 0 aliphatic heterocycles. The fourth-order valence-corrected chi connectivity index (χ4v) is 2.61. The summed E-state index contributed by atoms with van der Waals surface area (Å²) >= 11 is 1.43. The van der Waals surface area contributed by atoms with Crippen LogP contribution in [0.25, 0.3) is 0 Å². The molecule has 1 aromatic carbocycles. The Bertz CT molecular complexity index is 553. The summed E-state index contributed by atoms with van der Waals surface area (Å²) < 4.78 is 0. The number of nitrogens with zero attached hydrogens (tertiary/aromatic N) is 2. The topological polar surface area (TPSA) is 59.2 Å². The van der Waals surface area contributed by atoms with Crippen molar-refractivity contribution in [1.82, 2.24) is 9.88 Å². The first-order valence-electron chi connectivity index (χ1n) is 6.64. The normalized spacial score (nSPS) is 10.5. The first-order valence-corrected chi connectivity index (χ1v) is 7.52. The van der Waals surface area contributed by atoms with Crippen molar-refractivity contribution in [2.24, 2.45) is 5.73 Å². The number of amides is 1. The van der Waals surface area contributed by atoms with Gasteiger partial charge in [0.1, 0.15) is 10.7 Å². The van der Waals surface area contributed by atoms with Crippen LogP contribution in [-0.2, 0) is 13.0 Å². The first kappa shape index (κ1) is 14.7. The van der Waals surface area contributed by atoms with Crippen LogP contribution >= 0.6 is 11.3 Å². The highest BCUT2D eigenvalue weighted by molar-refractivity contribution is 7.09. The van der Waals surface area contributed by atoms with Crippen molar-refractivity contribution in [3.8, 4) is 0 Å². The Morgan fingerprint density at radius 1 is 1.35 bits per heavy atom. The lowest BCUT2D eigenvalue weighted by atomic mass is 10.1. The Kier molecular flexibility index (Phi) is 5.26. The Morgan fingerprint density at radius 2 is 2.10 bits per heavy atom. The molecule has 0 spiro atoms. The highest BCUT2D eigenvalue weighted by Crippen LogP contribution is 2.11. The van der Waals surface area contributed by atoms with E-state index in [0.717, 1.165) is 24.4 Å². The van der Waals surface area contributed by atoms with Crippen molar-refractivity contribution >= 4 is 17.2 Å².